The molecule has 1 saturated heterocycles. The first-order chi connectivity index (χ1) is 13.0. The fourth-order valence-electron chi connectivity index (χ4n) is 3.57. The maximum atomic E-state index is 12.8. The Morgan fingerprint density at radius 1 is 1.22 bits per heavy atom. The first-order valence-corrected chi connectivity index (χ1v) is 8.75. The number of carbonyl (C=O) groups excluding carboxylic acids is 1. The number of pyridine rings is 1. The summed E-state index contributed by atoms with van der Waals surface area (Å²) in [4.78, 5) is 30.0. The van der Waals surface area contributed by atoms with Crippen LogP contribution in [0.2, 0.25) is 0 Å². The molecule has 0 saturated carbocycles. The van der Waals surface area contributed by atoms with E-state index in [0.29, 0.717) is 12.2 Å². The summed E-state index contributed by atoms with van der Waals surface area (Å²) in [5.41, 5.74) is 2.54. The van der Waals surface area contributed by atoms with Gasteiger partial charge in [0, 0.05) is 24.7 Å². The molecular formula is C19H19N5O3. The van der Waals surface area contributed by atoms with Crippen molar-refractivity contribution < 1.29 is 14.7 Å². The molecule has 1 aliphatic heterocycles. The van der Waals surface area contributed by atoms with E-state index in [4.69, 9.17) is 0 Å². The molecule has 1 aromatic carbocycles. The van der Waals surface area contributed by atoms with Gasteiger partial charge in [0.1, 0.15) is 0 Å². The van der Waals surface area contributed by atoms with Crippen LogP contribution in [-0.2, 0) is 4.79 Å². The molecule has 0 aliphatic carbocycles. The molecule has 0 spiro atoms. The molecule has 2 aromatic heterocycles. The molecule has 1 aliphatic rings. The first kappa shape index (κ1) is 17.1. The van der Waals surface area contributed by atoms with Crippen molar-refractivity contribution >= 4 is 22.8 Å². The minimum atomic E-state index is -0.872. The lowest BCUT2D eigenvalue weighted by molar-refractivity contribution is -0.142. The van der Waals surface area contributed by atoms with Crippen molar-refractivity contribution in [2.75, 3.05) is 13.1 Å². The lowest BCUT2D eigenvalue weighted by Gasteiger charge is -2.14. The number of rotatable bonds is 3. The molecular weight excluding hydrogens is 346 g/mol. The lowest BCUT2D eigenvalue weighted by Crippen LogP contribution is -2.30. The topological polar surface area (TPSA) is 101 Å². The second-order valence-corrected chi connectivity index (χ2v) is 6.95. The molecule has 0 bridgehead atoms. The number of fused-ring (bicyclic) bond motifs is 1. The van der Waals surface area contributed by atoms with Gasteiger partial charge in [0.2, 0.25) is 0 Å². The van der Waals surface area contributed by atoms with E-state index in [0.717, 1.165) is 16.6 Å². The molecule has 138 valence electrons. The Balaban J connectivity index is 1.63. The molecule has 8 nitrogen and oxygen atoms in total. The summed E-state index contributed by atoms with van der Waals surface area (Å²) in [7, 11) is 0. The van der Waals surface area contributed by atoms with Gasteiger partial charge in [0.05, 0.1) is 22.8 Å². The number of likely N-dealkylation sites (tertiary alicyclic amines) is 1. The summed E-state index contributed by atoms with van der Waals surface area (Å²) in [6.07, 6.45) is 1.74. The predicted molar refractivity (Wildman–Crippen MR) is 97.6 cm³/mol. The Kier molecular flexibility index (Phi) is 4.10. The first-order valence-electron chi connectivity index (χ1n) is 8.75. The highest BCUT2D eigenvalue weighted by Crippen LogP contribution is 2.25. The van der Waals surface area contributed by atoms with Crippen LogP contribution in [0, 0.1) is 18.8 Å². The highest BCUT2D eigenvalue weighted by Gasteiger charge is 2.38. The van der Waals surface area contributed by atoms with Crippen LogP contribution in [0.3, 0.4) is 0 Å². The normalized spacial score (nSPS) is 19.6. The molecule has 2 atom stereocenters. The summed E-state index contributed by atoms with van der Waals surface area (Å²) >= 11 is 0. The van der Waals surface area contributed by atoms with Gasteiger partial charge in [-0.15, -0.1) is 5.10 Å². The van der Waals surface area contributed by atoms with Gasteiger partial charge in [-0.25, -0.2) is 4.68 Å². The molecule has 1 fully saturated rings. The van der Waals surface area contributed by atoms with E-state index >= 15 is 0 Å². The number of carboxylic acid groups (broad SMARTS) is 1. The maximum absolute atomic E-state index is 12.8. The smallest absolute Gasteiger partial charge is 0.308 e. The monoisotopic (exact) mass is 365 g/mol. The number of aromatic nitrogens is 4. The molecule has 0 unspecified atom stereocenters. The Bertz CT molecular complexity index is 1040. The number of hydrogen-bond acceptors (Lipinski definition) is 5. The van der Waals surface area contributed by atoms with E-state index in [9.17, 15) is 14.7 Å². The van der Waals surface area contributed by atoms with Crippen molar-refractivity contribution in [2.24, 2.45) is 11.8 Å². The van der Waals surface area contributed by atoms with Crippen molar-refractivity contribution in [2.45, 2.75) is 13.8 Å². The van der Waals surface area contributed by atoms with Crippen molar-refractivity contribution in [3.05, 3.63) is 47.9 Å². The van der Waals surface area contributed by atoms with E-state index in [1.165, 1.54) is 0 Å². The summed E-state index contributed by atoms with van der Waals surface area (Å²) in [5.74, 6) is -1.79. The van der Waals surface area contributed by atoms with Crippen LogP contribution in [0.4, 0.5) is 0 Å². The lowest BCUT2D eigenvalue weighted by atomic mass is 9.99. The highest BCUT2D eigenvalue weighted by molar-refractivity contribution is 5.94. The quantitative estimate of drug-likeness (QED) is 0.761. The van der Waals surface area contributed by atoms with Crippen molar-refractivity contribution in [3.8, 4) is 5.69 Å². The fourth-order valence-corrected chi connectivity index (χ4v) is 3.57. The zero-order valence-electron chi connectivity index (χ0n) is 15.0. The number of carbonyl (C=O) groups is 2. The SMILES string of the molecule is Cc1c(C(=O)N2C[C@@H](C)[C@H](C(=O)O)C2)nnn1-c1ccc2ncccc2c1. The third-order valence-corrected chi connectivity index (χ3v) is 5.15. The van der Waals surface area contributed by atoms with E-state index in [1.54, 1.807) is 22.7 Å². The van der Waals surface area contributed by atoms with Crippen molar-refractivity contribution in [3.63, 3.8) is 0 Å². The minimum absolute atomic E-state index is 0.0882. The molecule has 1 N–H and O–H groups in total. The van der Waals surface area contributed by atoms with Gasteiger partial charge < -0.3 is 10.0 Å². The zero-order chi connectivity index (χ0) is 19.1. The number of aliphatic carboxylic acids is 1. The standard InChI is InChI=1S/C19H19N5O3/c1-11-9-23(10-15(11)19(26)27)18(25)17-12(2)24(22-21-17)14-5-6-16-13(8-14)4-3-7-20-16/h3-8,11,15H,9-10H2,1-2H3,(H,26,27)/t11-,15-/m1/s1. The van der Waals surface area contributed by atoms with Gasteiger partial charge in [-0.1, -0.05) is 18.2 Å². The average molecular weight is 365 g/mol. The molecule has 3 heterocycles. The summed E-state index contributed by atoms with van der Waals surface area (Å²) in [6.45, 7) is 4.24. The van der Waals surface area contributed by atoms with Crippen LogP contribution in [0.5, 0.6) is 0 Å². The molecule has 3 aromatic rings. The number of amides is 1. The van der Waals surface area contributed by atoms with E-state index in [1.807, 2.05) is 37.3 Å². The molecule has 8 heteroatoms. The van der Waals surface area contributed by atoms with Crippen molar-refractivity contribution in [1.82, 2.24) is 24.9 Å². The van der Waals surface area contributed by atoms with Crippen LogP contribution in [0.1, 0.15) is 23.1 Å². The Labute approximate surface area is 155 Å². The Morgan fingerprint density at radius 3 is 2.78 bits per heavy atom. The molecule has 27 heavy (non-hydrogen) atoms. The van der Waals surface area contributed by atoms with Crippen LogP contribution < -0.4 is 0 Å². The van der Waals surface area contributed by atoms with E-state index in [2.05, 4.69) is 15.3 Å². The zero-order valence-corrected chi connectivity index (χ0v) is 15.0. The van der Waals surface area contributed by atoms with Crippen molar-refractivity contribution in [1.29, 1.82) is 0 Å². The Morgan fingerprint density at radius 2 is 2.04 bits per heavy atom. The van der Waals surface area contributed by atoms with Crippen LogP contribution in [0.15, 0.2) is 36.5 Å². The van der Waals surface area contributed by atoms with Gasteiger partial charge in [0.25, 0.3) is 5.91 Å². The Hall–Kier alpha value is -3.29. The van der Waals surface area contributed by atoms with Gasteiger partial charge in [-0.2, -0.15) is 0 Å². The number of nitrogens with zero attached hydrogens (tertiary/aromatic N) is 5. The van der Waals surface area contributed by atoms with E-state index in [-0.39, 0.29) is 24.1 Å². The largest absolute Gasteiger partial charge is 0.481 e. The minimum Gasteiger partial charge on any atom is -0.481 e. The third-order valence-electron chi connectivity index (χ3n) is 5.15. The average Bonchev–Trinajstić information content (AvgIpc) is 3.24. The summed E-state index contributed by atoms with van der Waals surface area (Å²) < 4.78 is 1.62. The van der Waals surface area contributed by atoms with Gasteiger partial charge in [-0.05, 0) is 37.1 Å². The van der Waals surface area contributed by atoms with Gasteiger partial charge in [-0.3, -0.25) is 14.6 Å². The van der Waals surface area contributed by atoms with Crippen LogP contribution >= 0.6 is 0 Å². The second-order valence-electron chi connectivity index (χ2n) is 6.95. The van der Waals surface area contributed by atoms with Gasteiger partial charge in [0.15, 0.2) is 5.69 Å². The summed E-state index contributed by atoms with van der Waals surface area (Å²) in [6, 6.07) is 9.54. The second kappa shape index (κ2) is 6.46. The highest BCUT2D eigenvalue weighted by atomic mass is 16.4. The number of benzene rings is 1. The van der Waals surface area contributed by atoms with E-state index < -0.39 is 11.9 Å². The van der Waals surface area contributed by atoms with Crippen LogP contribution in [0.25, 0.3) is 16.6 Å². The van der Waals surface area contributed by atoms with Crippen LogP contribution in [-0.4, -0.2) is 55.0 Å². The predicted octanol–water partition coefficient (Wildman–Crippen LogP) is 1.92. The number of carboxylic acids is 1. The molecule has 0 radical (unpaired) electrons. The maximum Gasteiger partial charge on any atom is 0.308 e. The number of hydrogen-bond donors (Lipinski definition) is 1. The molecule has 1 amide bonds. The van der Waals surface area contributed by atoms with Gasteiger partial charge >= 0.3 is 5.97 Å². The molecule has 4 rings (SSSR count). The fraction of sp³-hybridized carbons (Fsp3) is 0.316. The third kappa shape index (κ3) is 2.92. The summed E-state index contributed by atoms with van der Waals surface area (Å²) in [5, 5.41) is 18.5.